The molecule has 0 aliphatic heterocycles. The summed E-state index contributed by atoms with van der Waals surface area (Å²) >= 11 is 0. The number of nitrogens with one attached hydrogen (secondary N) is 1. The van der Waals surface area contributed by atoms with Gasteiger partial charge < -0.3 is 15.8 Å². The van der Waals surface area contributed by atoms with Crippen molar-refractivity contribution in [2.24, 2.45) is 11.7 Å². The van der Waals surface area contributed by atoms with Crippen molar-refractivity contribution in [1.82, 2.24) is 5.32 Å². The highest BCUT2D eigenvalue weighted by molar-refractivity contribution is 5.81. The van der Waals surface area contributed by atoms with Gasteiger partial charge in [-0.05, 0) is 30.0 Å². The van der Waals surface area contributed by atoms with Crippen LogP contribution < -0.4 is 15.8 Å². The highest BCUT2D eigenvalue weighted by Gasteiger charge is 2.16. The molecule has 0 aromatic heterocycles. The Morgan fingerprint density at radius 3 is 2.78 bits per heavy atom. The molecule has 0 fully saturated rings. The Hall–Kier alpha value is -1.55. The van der Waals surface area contributed by atoms with Crippen molar-refractivity contribution in [2.45, 2.75) is 26.3 Å². The quantitative estimate of drug-likeness (QED) is 0.800. The van der Waals surface area contributed by atoms with Crippen LogP contribution in [-0.4, -0.2) is 25.6 Å². The molecule has 0 bridgehead atoms. The monoisotopic (exact) mass is 250 g/mol. The predicted molar refractivity (Wildman–Crippen MR) is 72.5 cm³/mol. The van der Waals surface area contributed by atoms with Crippen molar-refractivity contribution in [3.8, 4) is 5.75 Å². The lowest BCUT2D eigenvalue weighted by Crippen LogP contribution is -2.44. The number of nitrogens with two attached hydrogens (primary N) is 1. The first-order valence-corrected chi connectivity index (χ1v) is 6.21. The van der Waals surface area contributed by atoms with Crippen LogP contribution in [0.3, 0.4) is 0 Å². The highest BCUT2D eigenvalue weighted by Crippen LogP contribution is 2.12. The summed E-state index contributed by atoms with van der Waals surface area (Å²) in [5, 5.41) is 2.84. The van der Waals surface area contributed by atoms with Gasteiger partial charge in [-0.3, -0.25) is 4.79 Å². The van der Waals surface area contributed by atoms with Gasteiger partial charge in [0.2, 0.25) is 5.91 Å². The minimum absolute atomic E-state index is 0.0899. The zero-order chi connectivity index (χ0) is 13.5. The van der Waals surface area contributed by atoms with Crippen LogP contribution in [0.1, 0.15) is 19.4 Å². The molecular formula is C14H22N2O2. The lowest BCUT2D eigenvalue weighted by molar-refractivity contribution is -0.123. The Morgan fingerprint density at radius 1 is 1.44 bits per heavy atom. The number of amides is 1. The molecule has 0 radical (unpaired) electrons. The minimum Gasteiger partial charge on any atom is -0.497 e. The number of methoxy groups -OCH3 is 1. The molecule has 3 N–H and O–H groups in total. The van der Waals surface area contributed by atoms with E-state index >= 15 is 0 Å². The van der Waals surface area contributed by atoms with E-state index in [0.717, 1.165) is 17.7 Å². The second-order valence-corrected chi connectivity index (χ2v) is 4.66. The molecule has 0 spiro atoms. The number of carbonyl (C=O) groups is 1. The third-order valence-electron chi connectivity index (χ3n) is 2.87. The smallest absolute Gasteiger partial charge is 0.237 e. The largest absolute Gasteiger partial charge is 0.497 e. The first kappa shape index (κ1) is 14.5. The number of hydrogen-bond donors (Lipinski definition) is 2. The summed E-state index contributed by atoms with van der Waals surface area (Å²) in [6, 6.07) is 7.38. The molecule has 18 heavy (non-hydrogen) atoms. The molecular weight excluding hydrogens is 228 g/mol. The standard InChI is InChI=1S/C14H22N2O2/c1-10(2)13(15)14(17)16-8-7-11-5-4-6-12(9-11)18-3/h4-6,9-10,13H,7-8,15H2,1-3H3,(H,16,17)/t13-/m0/s1. The molecule has 4 heteroatoms. The minimum atomic E-state index is -0.435. The van der Waals surface area contributed by atoms with Crippen molar-refractivity contribution < 1.29 is 9.53 Å². The van der Waals surface area contributed by atoms with Crippen LogP contribution in [0.15, 0.2) is 24.3 Å². The molecule has 4 nitrogen and oxygen atoms in total. The fourth-order valence-electron chi connectivity index (χ4n) is 1.58. The average Bonchev–Trinajstić information content (AvgIpc) is 2.37. The Balaban J connectivity index is 2.39. The van der Waals surface area contributed by atoms with Crippen LogP contribution in [0.4, 0.5) is 0 Å². The summed E-state index contributed by atoms with van der Waals surface area (Å²) in [5.41, 5.74) is 6.89. The molecule has 0 aliphatic carbocycles. The maximum absolute atomic E-state index is 11.6. The van der Waals surface area contributed by atoms with Crippen LogP contribution in [0, 0.1) is 5.92 Å². The van der Waals surface area contributed by atoms with Crippen LogP contribution in [0.5, 0.6) is 5.75 Å². The van der Waals surface area contributed by atoms with Gasteiger partial charge in [0.05, 0.1) is 13.2 Å². The van der Waals surface area contributed by atoms with Gasteiger partial charge in [0.1, 0.15) is 5.75 Å². The predicted octanol–water partition coefficient (Wildman–Crippen LogP) is 1.34. The molecule has 1 atom stereocenters. The number of hydrogen-bond acceptors (Lipinski definition) is 3. The van der Waals surface area contributed by atoms with Crippen molar-refractivity contribution in [1.29, 1.82) is 0 Å². The summed E-state index contributed by atoms with van der Waals surface area (Å²) in [5.74, 6) is 0.896. The van der Waals surface area contributed by atoms with E-state index in [2.05, 4.69) is 5.32 Å². The maximum Gasteiger partial charge on any atom is 0.237 e. The van der Waals surface area contributed by atoms with Gasteiger partial charge in [-0.2, -0.15) is 0 Å². The number of benzene rings is 1. The zero-order valence-corrected chi connectivity index (χ0v) is 11.3. The molecule has 0 aliphatic rings. The Morgan fingerprint density at radius 2 is 2.17 bits per heavy atom. The average molecular weight is 250 g/mol. The Kier molecular flexibility index (Phi) is 5.65. The van der Waals surface area contributed by atoms with E-state index in [-0.39, 0.29) is 11.8 Å². The van der Waals surface area contributed by atoms with E-state index in [1.54, 1.807) is 7.11 Å². The summed E-state index contributed by atoms with van der Waals surface area (Å²) < 4.78 is 5.14. The molecule has 1 rings (SSSR count). The van der Waals surface area contributed by atoms with Crippen LogP contribution in [-0.2, 0) is 11.2 Å². The maximum atomic E-state index is 11.6. The second-order valence-electron chi connectivity index (χ2n) is 4.66. The fourth-order valence-corrected chi connectivity index (χ4v) is 1.58. The van der Waals surface area contributed by atoms with Crippen LogP contribution in [0.2, 0.25) is 0 Å². The van der Waals surface area contributed by atoms with Crippen molar-refractivity contribution in [3.63, 3.8) is 0 Å². The van der Waals surface area contributed by atoms with E-state index in [1.807, 2.05) is 38.1 Å². The molecule has 1 amide bonds. The van der Waals surface area contributed by atoms with Crippen LogP contribution >= 0.6 is 0 Å². The van der Waals surface area contributed by atoms with Gasteiger partial charge in [0.25, 0.3) is 0 Å². The molecule has 0 unspecified atom stereocenters. The molecule has 0 saturated heterocycles. The lowest BCUT2D eigenvalue weighted by Gasteiger charge is -2.15. The Labute approximate surface area is 109 Å². The molecule has 1 aromatic rings. The van der Waals surface area contributed by atoms with E-state index in [1.165, 1.54) is 0 Å². The fraction of sp³-hybridized carbons (Fsp3) is 0.500. The highest BCUT2D eigenvalue weighted by atomic mass is 16.5. The molecule has 0 heterocycles. The van der Waals surface area contributed by atoms with Gasteiger partial charge in [-0.25, -0.2) is 0 Å². The van der Waals surface area contributed by atoms with Crippen molar-refractivity contribution in [3.05, 3.63) is 29.8 Å². The third kappa shape index (κ3) is 4.37. The van der Waals surface area contributed by atoms with E-state index in [9.17, 15) is 4.79 Å². The molecule has 0 saturated carbocycles. The third-order valence-corrected chi connectivity index (χ3v) is 2.87. The topological polar surface area (TPSA) is 64.3 Å². The first-order chi connectivity index (χ1) is 8.54. The zero-order valence-electron chi connectivity index (χ0n) is 11.3. The second kappa shape index (κ2) is 7.01. The van der Waals surface area contributed by atoms with Gasteiger partial charge >= 0.3 is 0 Å². The summed E-state index contributed by atoms with van der Waals surface area (Å²) in [7, 11) is 1.64. The van der Waals surface area contributed by atoms with Gasteiger partial charge in [0, 0.05) is 6.54 Å². The van der Waals surface area contributed by atoms with Gasteiger partial charge in [0.15, 0.2) is 0 Å². The van der Waals surface area contributed by atoms with Crippen LogP contribution in [0.25, 0.3) is 0 Å². The normalized spacial score (nSPS) is 12.3. The Bertz CT molecular complexity index is 391. The number of rotatable bonds is 6. The van der Waals surface area contributed by atoms with Crippen molar-refractivity contribution >= 4 is 5.91 Å². The number of carbonyl (C=O) groups excluding carboxylic acids is 1. The number of ether oxygens (including phenoxy) is 1. The first-order valence-electron chi connectivity index (χ1n) is 6.21. The SMILES string of the molecule is COc1cccc(CCNC(=O)[C@@H](N)C(C)C)c1. The summed E-state index contributed by atoms with van der Waals surface area (Å²) in [4.78, 5) is 11.6. The van der Waals surface area contributed by atoms with Gasteiger partial charge in [-0.1, -0.05) is 26.0 Å². The van der Waals surface area contributed by atoms with Crippen molar-refractivity contribution in [2.75, 3.05) is 13.7 Å². The van der Waals surface area contributed by atoms with E-state index in [4.69, 9.17) is 10.5 Å². The summed E-state index contributed by atoms with van der Waals surface area (Å²) in [6.07, 6.45) is 0.772. The van der Waals surface area contributed by atoms with E-state index in [0.29, 0.717) is 6.54 Å². The summed E-state index contributed by atoms with van der Waals surface area (Å²) in [6.45, 7) is 4.46. The molecule has 100 valence electrons. The van der Waals surface area contributed by atoms with Gasteiger partial charge in [-0.15, -0.1) is 0 Å². The van der Waals surface area contributed by atoms with E-state index < -0.39 is 6.04 Å². The lowest BCUT2D eigenvalue weighted by atomic mass is 10.0. The molecule has 1 aromatic carbocycles.